The Bertz CT molecular complexity index is 831. The molecule has 0 radical (unpaired) electrons. The highest BCUT2D eigenvalue weighted by Gasteiger charge is 2.10. The lowest BCUT2D eigenvalue weighted by atomic mass is 10.1. The molecule has 0 atom stereocenters. The summed E-state index contributed by atoms with van der Waals surface area (Å²) in [6, 6.07) is 13.7. The summed E-state index contributed by atoms with van der Waals surface area (Å²) in [7, 11) is 0. The number of anilines is 3. The van der Waals surface area contributed by atoms with Crippen molar-refractivity contribution in [1.29, 1.82) is 0 Å². The Morgan fingerprint density at radius 1 is 0.960 bits per heavy atom. The maximum atomic E-state index is 9.05. The van der Waals surface area contributed by atoms with Crippen LogP contribution in [0.15, 0.2) is 48.7 Å². The molecule has 0 bridgehead atoms. The van der Waals surface area contributed by atoms with E-state index in [1.807, 2.05) is 30.3 Å². The zero-order chi connectivity index (χ0) is 17.6. The van der Waals surface area contributed by atoms with E-state index in [-0.39, 0.29) is 6.61 Å². The molecule has 1 aromatic carbocycles. The molecule has 3 rings (SSSR count). The summed E-state index contributed by atoms with van der Waals surface area (Å²) < 4.78 is 0. The van der Waals surface area contributed by atoms with E-state index in [4.69, 9.17) is 5.11 Å². The lowest BCUT2D eigenvalue weighted by Crippen LogP contribution is -2.10. The van der Waals surface area contributed by atoms with E-state index < -0.39 is 0 Å². The first-order valence-electron chi connectivity index (χ1n) is 8.16. The van der Waals surface area contributed by atoms with E-state index in [1.54, 1.807) is 6.20 Å². The van der Waals surface area contributed by atoms with E-state index >= 15 is 0 Å². The molecule has 0 unspecified atom stereocenters. The highest BCUT2D eigenvalue weighted by molar-refractivity contribution is 5.68. The van der Waals surface area contributed by atoms with Gasteiger partial charge in [-0.3, -0.25) is 4.98 Å². The molecule has 0 amide bonds. The summed E-state index contributed by atoms with van der Waals surface area (Å²) in [5.74, 6) is 1.12. The topological polar surface area (TPSA) is 83.0 Å². The Hall–Kier alpha value is -2.99. The minimum absolute atomic E-state index is 0.0108. The first kappa shape index (κ1) is 16.9. The molecule has 0 saturated heterocycles. The first-order valence-corrected chi connectivity index (χ1v) is 8.16. The fourth-order valence-corrected chi connectivity index (χ4v) is 2.54. The molecule has 0 aliphatic carbocycles. The van der Waals surface area contributed by atoms with Crippen LogP contribution in [-0.2, 0) is 0 Å². The molecule has 0 aliphatic heterocycles. The smallest absolute Gasteiger partial charge is 0.225 e. The molecular formula is C19H21N5O. The van der Waals surface area contributed by atoms with Crippen LogP contribution in [0.5, 0.6) is 0 Å². The second-order valence-corrected chi connectivity index (χ2v) is 5.72. The number of aliphatic hydroxyl groups is 1. The van der Waals surface area contributed by atoms with Gasteiger partial charge >= 0.3 is 0 Å². The third kappa shape index (κ3) is 4.10. The van der Waals surface area contributed by atoms with Gasteiger partial charge < -0.3 is 15.7 Å². The predicted molar refractivity (Wildman–Crippen MR) is 100 cm³/mol. The summed E-state index contributed by atoms with van der Waals surface area (Å²) in [5, 5.41) is 15.5. The van der Waals surface area contributed by atoms with Crippen LogP contribution >= 0.6 is 0 Å². The van der Waals surface area contributed by atoms with Gasteiger partial charge in [-0.1, -0.05) is 24.3 Å². The van der Waals surface area contributed by atoms with Crippen molar-refractivity contribution in [1.82, 2.24) is 15.0 Å². The molecule has 0 spiro atoms. The standard InChI is InChI=1S/C19H21N5O/c1-13-6-5-7-14(2)18(13)23-17-12-16(15-8-3-4-9-20-15)22-19(24-17)21-10-11-25/h3-9,12,25H,10-11H2,1-2H3,(H2,21,22,23,24). The number of hydrogen-bond acceptors (Lipinski definition) is 6. The van der Waals surface area contributed by atoms with Gasteiger partial charge in [0.25, 0.3) is 0 Å². The lowest BCUT2D eigenvalue weighted by molar-refractivity contribution is 0.311. The molecule has 0 aliphatic rings. The van der Waals surface area contributed by atoms with Crippen molar-refractivity contribution in [3.8, 4) is 11.4 Å². The van der Waals surface area contributed by atoms with Crippen LogP contribution in [-0.4, -0.2) is 33.2 Å². The van der Waals surface area contributed by atoms with Crippen molar-refractivity contribution < 1.29 is 5.11 Å². The fourth-order valence-electron chi connectivity index (χ4n) is 2.54. The number of para-hydroxylation sites is 1. The zero-order valence-electron chi connectivity index (χ0n) is 14.3. The highest BCUT2D eigenvalue weighted by atomic mass is 16.3. The van der Waals surface area contributed by atoms with E-state index in [9.17, 15) is 0 Å². The van der Waals surface area contributed by atoms with Crippen molar-refractivity contribution in [2.45, 2.75) is 13.8 Å². The van der Waals surface area contributed by atoms with Crippen LogP contribution in [0, 0.1) is 13.8 Å². The molecule has 128 valence electrons. The number of rotatable bonds is 6. The average Bonchev–Trinajstić information content (AvgIpc) is 2.64. The van der Waals surface area contributed by atoms with Crippen molar-refractivity contribution in [3.05, 3.63) is 59.8 Å². The van der Waals surface area contributed by atoms with Gasteiger partial charge in [0.05, 0.1) is 18.0 Å². The van der Waals surface area contributed by atoms with E-state index in [0.717, 1.165) is 22.5 Å². The number of hydrogen-bond donors (Lipinski definition) is 3. The number of nitrogens with one attached hydrogen (secondary N) is 2. The third-order valence-corrected chi connectivity index (χ3v) is 3.78. The van der Waals surface area contributed by atoms with Crippen LogP contribution in [0.25, 0.3) is 11.4 Å². The minimum Gasteiger partial charge on any atom is -0.395 e. The Kier molecular flexibility index (Phi) is 5.20. The van der Waals surface area contributed by atoms with E-state index in [1.165, 1.54) is 0 Å². The second-order valence-electron chi connectivity index (χ2n) is 5.72. The number of nitrogens with zero attached hydrogens (tertiary/aromatic N) is 3. The monoisotopic (exact) mass is 335 g/mol. The SMILES string of the molecule is Cc1cccc(C)c1Nc1cc(-c2ccccn2)nc(NCCO)n1. The van der Waals surface area contributed by atoms with Crippen molar-refractivity contribution in [2.24, 2.45) is 0 Å². The van der Waals surface area contributed by atoms with Gasteiger partial charge in [0.15, 0.2) is 0 Å². The Labute approximate surface area is 147 Å². The van der Waals surface area contributed by atoms with Crippen molar-refractivity contribution in [3.63, 3.8) is 0 Å². The van der Waals surface area contributed by atoms with Gasteiger partial charge in [-0.15, -0.1) is 0 Å². The number of aryl methyl sites for hydroxylation is 2. The van der Waals surface area contributed by atoms with Gasteiger partial charge in [0.1, 0.15) is 5.82 Å². The quantitative estimate of drug-likeness (QED) is 0.641. The summed E-state index contributed by atoms with van der Waals surface area (Å²) >= 11 is 0. The van der Waals surface area contributed by atoms with Gasteiger partial charge in [-0.05, 0) is 37.1 Å². The molecule has 3 aromatic rings. The van der Waals surface area contributed by atoms with Crippen molar-refractivity contribution in [2.75, 3.05) is 23.8 Å². The van der Waals surface area contributed by atoms with Crippen LogP contribution in [0.1, 0.15) is 11.1 Å². The molecule has 0 saturated carbocycles. The van der Waals surface area contributed by atoms with Crippen LogP contribution in [0.2, 0.25) is 0 Å². The Morgan fingerprint density at radius 2 is 1.76 bits per heavy atom. The highest BCUT2D eigenvalue weighted by Crippen LogP contribution is 2.26. The fraction of sp³-hybridized carbons (Fsp3) is 0.211. The van der Waals surface area contributed by atoms with Gasteiger partial charge in [0.2, 0.25) is 5.95 Å². The number of aliphatic hydroxyl groups excluding tert-OH is 1. The summed E-state index contributed by atoms with van der Waals surface area (Å²) in [5.41, 5.74) is 4.79. The number of benzene rings is 1. The average molecular weight is 335 g/mol. The van der Waals surface area contributed by atoms with Crippen LogP contribution < -0.4 is 10.6 Å². The van der Waals surface area contributed by atoms with Crippen LogP contribution in [0.3, 0.4) is 0 Å². The molecule has 6 nitrogen and oxygen atoms in total. The summed E-state index contributed by atoms with van der Waals surface area (Å²) in [6.45, 7) is 4.51. The maximum absolute atomic E-state index is 9.05. The predicted octanol–water partition coefficient (Wildman–Crippen LogP) is 3.30. The zero-order valence-corrected chi connectivity index (χ0v) is 14.3. The van der Waals surface area contributed by atoms with Crippen LogP contribution in [0.4, 0.5) is 17.5 Å². The molecular weight excluding hydrogens is 314 g/mol. The minimum atomic E-state index is 0.0108. The lowest BCUT2D eigenvalue weighted by Gasteiger charge is -2.14. The largest absolute Gasteiger partial charge is 0.395 e. The molecule has 6 heteroatoms. The van der Waals surface area contributed by atoms with Gasteiger partial charge in [-0.2, -0.15) is 4.98 Å². The Morgan fingerprint density at radius 3 is 2.44 bits per heavy atom. The number of pyridine rings is 1. The molecule has 2 heterocycles. The molecule has 2 aromatic heterocycles. The van der Waals surface area contributed by atoms with Gasteiger partial charge in [0, 0.05) is 24.5 Å². The Balaban J connectivity index is 2.00. The van der Waals surface area contributed by atoms with E-state index in [2.05, 4.69) is 51.6 Å². The molecule has 3 N–H and O–H groups in total. The molecule has 0 fully saturated rings. The van der Waals surface area contributed by atoms with E-state index in [0.29, 0.717) is 24.0 Å². The summed E-state index contributed by atoms with van der Waals surface area (Å²) in [4.78, 5) is 13.4. The normalized spacial score (nSPS) is 10.5. The second kappa shape index (κ2) is 7.72. The summed E-state index contributed by atoms with van der Waals surface area (Å²) in [6.07, 6.45) is 1.73. The first-order chi connectivity index (χ1) is 12.2. The molecule has 25 heavy (non-hydrogen) atoms. The van der Waals surface area contributed by atoms with Gasteiger partial charge in [-0.25, -0.2) is 4.98 Å². The third-order valence-electron chi connectivity index (χ3n) is 3.78. The van der Waals surface area contributed by atoms with Crippen molar-refractivity contribution >= 4 is 17.5 Å². The number of aromatic nitrogens is 3. The maximum Gasteiger partial charge on any atom is 0.225 e.